The number of aromatic amines is 1. The number of carboxylic acid groups (broad SMARTS) is 1. The summed E-state index contributed by atoms with van der Waals surface area (Å²) in [7, 11) is 0. The van der Waals surface area contributed by atoms with Crippen LogP contribution >= 0.6 is 0 Å². The lowest BCUT2D eigenvalue weighted by atomic mass is 9.75. The zero-order valence-electron chi connectivity index (χ0n) is 14.3. The summed E-state index contributed by atoms with van der Waals surface area (Å²) in [4.78, 5) is 30.7. The van der Waals surface area contributed by atoms with Crippen LogP contribution < -0.4 is 0 Å². The predicted molar refractivity (Wildman–Crippen MR) is 97.4 cm³/mol. The number of benzene rings is 1. The van der Waals surface area contributed by atoms with Crippen molar-refractivity contribution in [3.05, 3.63) is 59.3 Å². The Balaban J connectivity index is 1.73. The fraction of sp³-hybridized carbons (Fsp3) is 0.333. The number of hydrogen-bond donors (Lipinski definition) is 2. The molecule has 3 aliphatic rings. The average Bonchev–Trinajstić information content (AvgIpc) is 3.39. The third kappa shape index (κ3) is 2.16. The molecule has 2 aromatic rings. The lowest BCUT2D eigenvalue weighted by Gasteiger charge is -2.43. The van der Waals surface area contributed by atoms with Crippen LogP contribution in [0.2, 0.25) is 0 Å². The number of nitrogens with one attached hydrogen (secondary N) is 1. The topological polar surface area (TPSA) is 73.4 Å². The van der Waals surface area contributed by atoms with Gasteiger partial charge in [0.15, 0.2) is 0 Å². The lowest BCUT2D eigenvalue weighted by Crippen LogP contribution is -2.49. The molecule has 2 atom stereocenters. The van der Waals surface area contributed by atoms with Gasteiger partial charge in [-0.15, -0.1) is 0 Å². The molecular formula is C21H20N2O3. The van der Waals surface area contributed by atoms with E-state index < -0.39 is 17.9 Å². The number of rotatable bonds is 3. The summed E-state index contributed by atoms with van der Waals surface area (Å²) in [5.74, 6) is -1.59. The zero-order valence-corrected chi connectivity index (χ0v) is 14.3. The number of aromatic nitrogens is 1. The molecule has 5 nitrogen and oxygen atoms in total. The van der Waals surface area contributed by atoms with E-state index in [2.05, 4.69) is 4.98 Å². The summed E-state index contributed by atoms with van der Waals surface area (Å²) in [5, 5.41) is 11.1. The van der Waals surface area contributed by atoms with Crippen molar-refractivity contribution in [1.82, 2.24) is 9.88 Å². The SMILES string of the molecule is O=C(O)C1C2=CCCC=C2C(=O)N(C2CC2)C1c1c[nH]c2ccccc12. The molecule has 0 radical (unpaired) electrons. The first kappa shape index (κ1) is 15.4. The molecule has 5 heteroatoms. The van der Waals surface area contributed by atoms with Crippen LogP contribution in [0.15, 0.2) is 53.8 Å². The maximum Gasteiger partial charge on any atom is 0.313 e. The van der Waals surface area contributed by atoms with Crippen molar-refractivity contribution in [1.29, 1.82) is 0 Å². The molecule has 2 unspecified atom stereocenters. The molecule has 1 saturated carbocycles. The van der Waals surface area contributed by atoms with Gasteiger partial charge in [-0.05, 0) is 37.3 Å². The summed E-state index contributed by atoms with van der Waals surface area (Å²) in [6.07, 6.45) is 9.25. The van der Waals surface area contributed by atoms with Gasteiger partial charge in [0.1, 0.15) is 5.92 Å². The monoisotopic (exact) mass is 348 g/mol. The van der Waals surface area contributed by atoms with Gasteiger partial charge in [-0.2, -0.15) is 0 Å². The summed E-state index contributed by atoms with van der Waals surface area (Å²) in [5.41, 5.74) is 3.17. The highest BCUT2D eigenvalue weighted by Crippen LogP contribution is 2.49. The number of H-pyrrole nitrogens is 1. The number of carbonyl (C=O) groups is 2. The fourth-order valence-electron chi connectivity index (χ4n) is 4.48. The quantitative estimate of drug-likeness (QED) is 0.891. The van der Waals surface area contributed by atoms with Gasteiger partial charge in [0.2, 0.25) is 0 Å². The van der Waals surface area contributed by atoms with Crippen LogP contribution in [0, 0.1) is 5.92 Å². The molecule has 5 rings (SSSR count). The van der Waals surface area contributed by atoms with Crippen LogP contribution in [-0.2, 0) is 9.59 Å². The standard InChI is InChI=1S/C21H20N2O3/c24-20-15-7-2-1-6-14(15)18(21(25)26)19(23(20)12-9-10-12)16-11-22-17-8-4-3-5-13(16)17/h3-8,11-12,18-19,22H,1-2,9-10H2,(H,25,26). The second kappa shape index (κ2) is 5.59. The third-order valence-corrected chi connectivity index (χ3v) is 5.75. The van der Waals surface area contributed by atoms with Gasteiger partial charge in [-0.3, -0.25) is 9.59 Å². The second-order valence-electron chi connectivity index (χ2n) is 7.35. The van der Waals surface area contributed by atoms with Gasteiger partial charge in [0, 0.05) is 34.3 Å². The molecule has 132 valence electrons. The highest BCUT2D eigenvalue weighted by atomic mass is 16.4. The average molecular weight is 348 g/mol. The van der Waals surface area contributed by atoms with Gasteiger partial charge in [0.05, 0.1) is 6.04 Å². The van der Waals surface area contributed by atoms with Crippen molar-refractivity contribution < 1.29 is 14.7 Å². The molecule has 2 N–H and O–H groups in total. The number of piperidine rings is 1. The maximum atomic E-state index is 13.3. The lowest BCUT2D eigenvalue weighted by molar-refractivity contribution is -0.146. The molecule has 1 aromatic heterocycles. The van der Waals surface area contributed by atoms with E-state index in [4.69, 9.17) is 0 Å². The maximum absolute atomic E-state index is 13.3. The van der Waals surface area contributed by atoms with Crippen LogP contribution in [0.3, 0.4) is 0 Å². The van der Waals surface area contributed by atoms with E-state index in [1.165, 1.54) is 0 Å². The molecule has 0 bridgehead atoms. The number of carbonyl (C=O) groups excluding carboxylic acids is 1. The van der Waals surface area contributed by atoms with Crippen molar-refractivity contribution in [2.24, 2.45) is 5.92 Å². The third-order valence-electron chi connectivity index (χ3n) is 5.75. The first-order chi connectivity index (χ1) is 12.7. The molecule has 0 spiro atoms. The Morgan fingerprint density at radius 1 is 1.15 bits per heavy atom. The molecule has 1 amide bonds. The minimum atomic E-state index is -0.863. The first-order valence-electron chi connectivity index (χ1n) is 9.19. The number of fused-ring (bicyclic) bond motifs is 2. The van der Waals surface area contributed by atoms with E-state index in [-0.39, 0.29) is 11.9 Å². The number of amides is 1. The number of allylic oxidation sites excluding steroid dienone is 2. The fourth-order valence-corrected chi connectivity index (χ4v) is 4.48. The summed E-state index contributed by atoms with van der Waals surface area (Å²) in [6, 6.07) is 7.55. The Labute approximate surface area is 151 Å². The van der Waals surface area contributed by atoms with Gasteiger partial charge in [0.25, 0.3) is 5.91 Å². The number of nitrogens with zero attached hydrogens (tertiary/aromatic N) is 1. The van der Waals surface area contributed by atoms with Crippen molar-refractivity contribution >= 4 is 22.8 Å². The van der Waals surface area contributed by atoms with E-state index in [0.29, 0.717) is 11.1 Å². The molecular weight excluding hydrogens is 328 g/mol. The van der Waals surface area contributed by atoms with Crippen molar-refractivity contribution in [2.45, 2.75) is 37.8 Å². The van der Waals surface area contributed by atoms with Crippen LogP contribution in [0.25, 0.3) is 10.9 Å². The van der Waals surface area contributed by atoms with Gasteiger partial charge in [-0.1, -0.05) is 30.4 Å². The normalized spacial score (nSPS) is 25.7. The smallest absolute Gasteiger partial charge is 0.313 e. The van der Waals surface area contributed by atoms with Crippen LogP contribution in [0.1, 0.15) is 37.3 Å². The molecule has 2 aliphatic carbocycles. The number of hydrogen-bond acceptors (Lipinski definition) is 2. The Hall–Kier alpha value is -2.82. The van der Waals surface area contributed by atoms with Crippen molar-refractivity contribution in [3.63, 3.8) is 0 Å². The summed E-state index contributed by atoms with van der Waals surface area (Å²) >= 11 is 0. The predicted octanol–water partition coefficient (Wildman–Crippen LogP) is 3.56. The van der Waals surface area contributed by atoms with Crippen molar-refractivity contribution in [3.8, 4) is 0 Å². The van der Waals surface area contributed by atoms with Gasteiger partial charge in [-0.25, -0.2) is 0 Å². The van der Waals surface area contributed by atoms with E-state index in [1.807, 2.05) is 47.5 Å². The van der Waals surface area contributed by atoms with E-state index in [0.717, 1.165) is 42.1 Å². The van der Waals surface area contributed by atoms with E-state index in [9.17, 15) is 14.7 Å². The van der Waals surface area contributed by atoms with Crippen LogP contribution in [-0.4, -0.2) is 32.9 Å². The van der Waals surface area contributed by atoms with Gasteiger partial charge < -0.3 is 15.0 Å². The van der Waals surface area contributed by atoms with E-state index in [1.54, 1.807) is 0 Å². The Kier molecular flexibility index (Phi) is 3.32. The highest BCUT2D eigenvalue weighted by molar-refractivity contribution is 6.03. The van der Waals surface area contributed by atoms with Crippen LogP contribution in [0.5, 0.6) is 0 Å². The molecule has 2 fully saturated rings. The van der Waals surface area contributed by atoms with Crippen molar-refractivity contribution in [2.75, 3.05) is 0 Å². The Bertz CT molecular complexity index is 980. The van der Waals surface area contributed by atoms with Crippen LogP contribution in [0.4, 0.5) is 0 Å². The second-order valence-corrected chi connectivity index (χ2v) is 7.35. The summed E-state index contributed by atoms with van der Waals surface area (Å²) in [6.45, 7) is 0. The van der Waals surface area contributed by atoms with E-state index >= 15 is 0 Å². The molecule has 1 saturated heterocycles. The molecule has 2 heterocycles. The molecule has 1 aromatic carbocycles. The minimum Gasteiger partial charge on any atom is -0.481 e. The molecule has 26 heavy (non-hydrogen) atoms. The number of aliphatic carboxylic acids is 1. The zero-order chi connectivity index (χ0) is 17.8. The number of para-hydroxylation sites is 1. The first-order valence-corrected chi connectivity index (χ1v) is 9.19. The number of likely N-dealkylation sites (tertiary alicyclic amines) is 1. The Morgan fingerprint density at radius 2 is 1.92 bits per heavy atom. The highest BCUT2D eigenvalue weighted by Gasteiger charge is 2.51. The minimum absolute atomic E-state index is 0.00812. The Morgan fingerprint density at radius 3 is 2.69 bits per heavy atom. The number of carboxylic acids is 1. The summed E-state index contributed by atoms with van der Waals surface area (Å²) < 4.78 is 0. The molecule has 1 aliphatic heterocycles. The largest absolute Gasteiger partial charge is 0.481 e. The van der Waals surface area contributed by atoms with Gasteiger partial charge >= 0.3 is 5.97 Å².